The van der Waals surface area contributed by atoms with Crippen molar-refractivity contribution in [2.45, 2.75) is 13.0 Å². The highest BCUT2D eigenvalue weighted by Gasteiger charge is 2.24. The zero-order valence-corrected chi connectivity index (χ0v) is 12.9. The molecule has 0 aliphatic heterocycles. The number of ether oxygens (including phenoxy) is 1. The Morgan fingerprint density at radius 3 is 2.73 bits per heavy atom. The number of nitrogens with zero attached hydrogens (tertiary/aromatic N) is 3. The van der Waals surface area contributed by atoms with Crippen molar-refractivity contribution in [2.24, 2.45) is 0 Å². The molecule has 0 saturated heterocycles. The molecule has 116 valence electrons. The summed E-state index contributed by atoms with van der Waals surface area (Å²) in [5, 5.41) is 9.72. The van der Waals surface area contributed by atoms with Gasteiger partial charge in [0.25, 0.3) is 5.91 Å². The van der Waals surface area contributed by atoms with Crippen LogP contribution in [0.15, 0.2) is 36.5 Å². The van der Waals surface area contributed by atoms with Crippen LogP contribution < -0.4 is 4.74 Å². The van der Waals surface area contributed by atoms with Gasteiger partial charge in [-0.1, -0.05) is 24.3 Å². The normalized spacial score (nSPS) is 11.8. The summed E-state index contributed by atoms with van der Waals surface area (Å²) in [4.78, 5) is 22.0. The fourth-order valence-electron chi connectivity index (χ4n) is 2.27. The van der Waals surface area contributed by atoms with Crippen LogP contribution in [0.5, 0.6) is 6.01 Å². The molecule has 22 heavy (non-hydrogen) atoms. The molecule has 0 saturated carbocycles. The summed E-state index contributed by atoms with van der Waals surface area (Å²) in [5.74, 6) is -0.303. The second kappa shape index (κ2) is 7.00. The molecule has 6 nitrogen and oxygen atoms in total. The van der Waals surface area contributed by atoms with Crippen LogP contribution in [-0.4, -0.2) is 46.6 Å². The van der Waals surface area contributed by atoms with Crippen LogP contribution in [0.1, 0.15) is 27.7 Å². The van der Waals surface area contributed by atoms with Crippen molar-refractivity contribution < 1.29 is 14.6 Å². The third kappa shape index (κ3) is 3.23. The smallest absolute Gasteiger partial charge is 0.316 e. The van der Waals surface area contributed by atoms with Gasteiger partial charge in [-0.25, -0.2) is 4.98 Å². The van der Waals surface area contributed by atoms with Crippen LogP contribution in [0.3, 0.4) is 0 Å². The van der Waals surface area contributed by atoms with Gasteiger partial charge in [0.2, 0.25) is 0 Å². The molecule has 0 aliphatic rings. The van der Waals surface area contributed by atoms with Gasteiger partial charge in [-0.2, -0.15) is 4.98 Å². The Balaban J connectivity index is 2.30. The third-order valence-corrected chi connectivity index (χ3v) is 3.54. The maximum Gasteiger partial charge on any atom is 0.316 e. The molecule has 1 atom stereocenters. The summed E-state index contributed by atoms with van der Waals surface area (Å²) < 4.78 is 4.93. The van der Waals surface area contributed by atoms with E-state index < -0.39 is 6.04 Å². The zero-order chi connectivity index (χ0) is 16.1. The highest BCUT2D eigenvalue weighted by Crippen LogP contribution is 2.23. The largest absolute Gasteiger partial charge is 0.467 e. The molecule has 0 radical (unpaired) electrons. The molecule has 0 bridgehead atoms. The van der Waals surface area contributed by atoms with Gasteiger partial charge in [0.15, 0.2) is 0 Å². The van der Waals surface area contributed by atoms with Gasteiger partial charge in [-0.15, -0.1) is 0 Å². The number of likely N-dealkylation sites (N-methyl/N-ethyl adjacent to an activating group) is 1. The Kier molecular flexibility index (Phi) is 5.06. The van der Waals surface area contributed by atoms with Gasteiger partial charge in [-0.3, -0.25) is 4.79 Å². The minimum Gasteiger partial charge on any atom is -0.467 e. The van der Waals surface area contributed by atoms with E-state index in [1.54, 1.807) is 7.05 Å². The van der Waals surface area contributed by atoms with E-state index in [0.717, 1.165) is 11.1 Å². The van der Waals surface area contributed by atoms with Crippen molar-refractivity contribution in [2.75, 3.05) is 20.8 Å². The Morgan fingerprint density at radius 1 is 1.36 bits per heavy atom. The number of aromatic nitrogens is 2. The first-order chi connectivity index (χ1) is 10.6. The molecule has 2 rings (SSSR count). The van der Waals surface area contributed by atoms with E-state index in [9.17, 15) is 9.90 Å². The monoisotopic (exact) mass is 301 g/mol. The average Bonchev–Trinajstić information content (AvgIpc) is 2.56. The van der Waals surface area contributed by atoms with E-state index in [2.05, 4.69) is 9.97 Å². The van der Waals surface area contributed by atoms with Gasteiger partial charge in [0, 0.05) is 13.2 Å². The number of aliphatic hydroxyl groups excluding tert-OH is 1. The number of hydrogen-bond acceptors (Lipinski definition) is 5. The number of benzene rings is 1. The number of aryl methyl sites for hydroxylation is 1. The maximum atomic E-state index is 12.6. The molecule has 1 aromatic heterocycles. The summed E-state index contributed by atoms with van der Waals surface area (Å²) >= 11 is 0. The molecule has 2 aromatic rings. The lowest BCUT2D eigenvalue weighted by Crippen LogP contribution is -2.34. The molecule has 0 spiro atoms. The molecule has 0 aliphatic carbocycles. The second-order valence-corrected chi connectivity index (χ2v) is 4.90. The maximum absolute atomic E-state index is 12.6. The topological polar surface area (TPSA) is 75.5 Å². The average molecular weight is 301 g/mol. The van der Waals surface area contributed by atoms with Crippen LogP contribution in [-0.2, 0) is 0 Å². The van der Waals surface area contributed by atoms with Crippen molar-refractivity contribution in [1.82, 2.24) is 14.9 Å². The number of carbonyl (C=O) groups excluding carboxylic acids is 1. The summed E-state index contributed by atoms with van der Waals surface area (Å²) in [6.45, 7) is 1.78. The third-order valence-electron chi connectivity index (χ3n) is 3.54. The van der Waals surface area contributed by atoms with Crippen molar-refractivity contribution in [1.29, 1.82) is 0 Å². The molecule has 1 amide bonds. The Bertz CT molecular complexity index is 661. The highest BCUT2D eigenvalue weighted by atomic mass is 16.5. The first-order valence-corrected chi connectivity index (χ1v) is 6.89. The number of methoxy groups -OCH3 is 1. The number of aliphatic hydroxyl groups is 1. The van der Waals surface area contributed by atoms with Crippen molar-refractivity contribution >= 4 is 5.91 Å². The summed E-state index contributed by atoms with van der Waals surface area (Å²) in [6.07, 6.45) is 1.47. The van der Waals surface area contributed by atoms with Crippen molar-refractivity contribution in [3.05, 3.63) is 53.3 Å². The van der Waals surface area contributed by atoms with Crippen LogP contribution in [0, 0.1) is 6.92 Å². The molecule has 1 unspecified atom stereocenters. The van der Waals surface area contributed by atoms with Crippen LogP contribution in [0.4, 0.5) is 0 Å². The summed E-state index contributed by atoms with van der Waals surface area (Å²) in [7, 11) is 3.08. The molecule has 0 fully saturated rings. The predicted molar refractivity (Wildman–Crippen MR) is 81.7 cm³/mol. The Hall–Kier alpha value is -2.47. The van der Waals surface area contributed by atoms with E-state index in [1.165, 1.54) is 24.3 Å². The minimum atomic E-state index is -0.435. The Labute approximate surface area is 129 Å². The molecular formula is C16H19N3O3. The van der Waals surface area contributed by atoms with E-state index >= 15 is 0 Å². The fraction of sp³-hybridized carbons (Fsp3) is 0.312. The van der Waals surface area contributed by atoms with Crippen LogP contribution in [0.25, 0.3) is 0 Å². The van der Waals surface area contributed by atoms with Crippen molar-refractivity contribution in [3.63, 3.8) is 0 Å². The Morgan fingerprint density at radius 2 is 2.09 bits per heavy atom. The summed E-state index contributed by atoms with van der Waals surface area (Å²) in [6, 6.07) is 8.88. The molecule has 1 aromatic carbocycles. The van der Waals surface area contributed by atoms with E-state index in [-0.39, 0.29) is 24.2 Å². The summed E-state index contributed by atoms with van der Waals surface area (Å²) in [5.41, 5.74) is 2.14. The standard InChI is InChI=1S/C16H19N3O3/c1-11-6-4-5-7-12(11)14(10-20)19(2)15(21)13-8-9-17-16(18-13)22-3/h4-9,14,20H,10H2,1-3H3. The lowest BCUT2D eigenvalue weighted by Gasteiger charge is -2.28. The van der Waals surface area contributed by atoms with Gasteiger partial charge in [-0.05, 0) is 24.1 Å². The number of rotatable bonds is 5. The van der Waals surface area contributed by atoms with Crippen LogP contribution >= 0.6 is 0 Å². The van der Waals surface area contributed by atoms with Crippen LogP contribution in [0.2, 0.25) is 0 Å². The highest BCUT2D eigenvalue weighted by molar-refractivity contribution is 5.92. The minimum absolute atomic E-state index is 0.135. The van der Waals surface area contributed by atoms with E-state index in [1.807, 2.05) is 31.2 Å². The number of carbonyl (C=O) groups is 1. The molecular weight excluding hydrogens is 282 g/mol. The number of amides is 1. The first-order valence-electron chi connectivity index (χ1n) is 6.89. The van der Waals surface area contributed by atoms with Gasteiger partial charge in [0.1, 0.15) is 5.69 Å². The fourth-order valence-corrected chi connectivity index (χ4v) is 2.27. The van der Waals surface area contributed by atoms with Gasteiger partial charge >= 0.3 is 6.01 Å². The molecule has 1 heterocycles. The van der Waals surface area contributed by atoms with Gasteiger partial charge < -0.3 is 14.7 Å². The number of hydrogen-bond donors (Lipinski definition) is 1. The van der Waals surface area contributed by atoms with E-state index in [0.29, 0.717) is 0 Å². The second-order valence-electron chi connectivity index (χ2n) is 4.90. The lowest BCUT2D eigenvalue weighted by atomic mass is 10.0. The quantitative estimate of drug-likeness (QED) is 0.908. The van der Waals surface area contributed by atoms with Crippen molar-refractivity contribution in [3.8, 4) is 6.01 Å². The SMILES string of the molecule is COc1nccc(C(=O)N(C)C(CO)c2ccccc2C)n1. The lowest BCUT2D eigenvalue weighted by molar-refractivity contribution is 0.0650. The molecule has 6 heteroatoms. The van der Waals surface area contributed by atoms with Gasteiger partial charge in [0.05, 0.1) is 19.8 Å². The van der Waals surface area contributed by atoms with E-state index in [4.69, 9.17) is 4.74 Å². The zero-order valence-electron chi connectivity index (χ0n) is 12.9. The first kappa shape index (κ1) is 15.9. The molecule has 1 N–H and O–H groups in total. The predicted octanol–water partition coefficient (Wildman–Crippen LogP) is 1.60.